The summed E-state index contributed by atoms with van der Waals surface area (Å²) >= 11 is 0. The summed E-state index contributed by atoms with van der Waals surface area (Å²) < 4.78 is 0. The lowest BCUT2D eigenvalue weighted by atomic mass is 9.95. The Bertz CT molecular complexity index is 242. The van der Waals surface area contributed by atoms with Crippen molar-refractivity contribution >= 4 is 5.78 Å². The molecule has 0 aliphatic heterocycles. The number of hydrogen-bond acceptors (Lipinski definition) is 1. The van der Waals surface area contributed by atoms with Gasteiger partial charge in [-0.25, -0.2) is 0 Å². The number of Topliss-reactive ketones (excluding diaryl/α,β-unsaturated/α-hetero) is 1. The molecule has 0 heterocycles. The summed E-state index contributed by atoms with van der Waals surface area (Å²) in [5.41, 5.74) is 0. The van der Waals surface area contributed by atoms with Crippen LogP contribution in [0, 0.1) is 5.92 Å². The van der Waals surface area contributed by atoms with Crippen molar-refractivity contribution in [1.29, 1.82) is 0 Å². The van der Waals surface area contributed by atoms with Crippen LogP contribution >= 0.6 is 0 Å². The zero-order valence-corrected chi connectivity index (χ0v) is 12.8. The van der Waals surface area contributed by atoms with Crippen LogP contribution in [0.4, 0.5) is 0 Å². The van der Waals surface area contributed by atoms with E-state index in [2.05, 4.69) is 20.1 Å². The fraction of sp³-hybridized carbons (Fsp3) is 0.722. The summed E-state index contributed by atoms with van der Waals surface area (Å²) in [6.45, 7) is 9.64. The monoisotopic (exact) mass is 264 g/mol. The Morgan fingerprint density at radius 1 is 0.947 bits per heavy atom. The normalized spacial score (nSPS) is 12.1. The molecule has 1 heteroatoms. The Hall–Kier alpha value is -0.850. The summed E-state index contributed by atoms with van der Waals surface area (Å²) in [5.74, 6) is 1.01. The predicted molar refractivity (Wildman–Crippen MR) is 85.4 cm³/mol. The molecular formula is C18H32O. The minimum Gasteiger partial charge on any atom is -0.300 e. The third kappa shape index (κ3) is 13.4. The second-order valence-electron chi connectivity index (χ2n) is 5.66. The average molecular weight is 264 g/mol. The zero-order valence-electron chi connectivity index (χ0n) is 12.8. The van der Waals surface area contributed by atoms with Gasteiger partial charge in [-0.3, -0.25) is 4.79 Å². The minimum absolute atomic E-state index is 0.447. The second-order valence-corrected chi connectivity index (χ2v) is 5.66. The minimum atomic E-state index is 0.447. The van der Waals surface area contributed by atoms with Crippen molar-refractivity contribution in [2.75, 3.05) is 0 Å². The summed E-state index contributed by atoms with van der Waals surface area (Å²) in [7, 11) is 0. The van der Waals surface area contributed by atoms with Crippen LogP contribution in [-0.2, 0) is 4.79 Å². The standard InChI is InChI=1S/C18H32O/c1-4-6-8-10-11-12-14-17(3)16-18(19)15-13-9-7-5-2/h4-5,17H,1-2,6-16H2,3H3. The first-order chi connectivity index (χ1) is 9.20. The van der Waals surface area contributed by atoms with Crippen molar-refractivity contribution in [3.63, 3.8) is 0 Å². The molecule has 0 aromatic rings. The van der Waals surface area contributed by atoms with Crippen LogP contribution in [0.5, 0.6) is 0 Å². The number of unbranched alkanes of at least 4 members (excludes halogenated alkanes) is 6. The van der Waals surface area contributed by atoms with Crippen LogP contribution < -0.4 is 0 Å². The number of carbonyl (C=O) groups excluding carboxylic acids is 1. The Labute approximate surface area is 120 Å². The number of hydrogen-bond donors (Lipinski definition) is 0. The lowest BCUT2D eigenvalue weighted by molar-refractivity contribution is -0.120. The van der Waals surface area contributed by atoms with Crippen molar-refractivity contribution in [3.05, 3.63) is 25.3 Å². The molecule has 0 aliphatic carbocycles. The van der Waals surface area contributed by atoms with Gasteiger partial charge in [-0.05, 0) is 38.0 Å². The maximum atomic E-state index is 11.8. The van der Waals surface area contributed by atoms with Gasteiger partial charge in [-0.15, -0.1) is 13.2 Å². The lowest BCUT2D eigenvalue weighted by Gasteiger charge is -2.10. The van der Waals surface area contributed by atoms with Crippen LogP contribution in [-0.4, -0.2) is 5.78 Å². The molecule has 1 atom stereocenters. The Morgan fingerprint density at radius 2 is 1.53 bits per heavy atom. The molecule has 110 valence electrons. The van der Waals surface area contributed by atoms with Crippen LogP contribution in [0.1, 0.15) is 77.6 Å². The van der Waals surface area contributed by atoms with Crippen LogP contribution in [0.25, 0.3) is 0 Å². The molecule has 1 unspecified atom stereocenters. The van der Waals surface area contributed by atoms with E-state index in [-0.39, 0.29) is 0 Å². The highest BCUT2D eigenvalue weighted by atomic mass is 16.1. The first kappa shape index (κ1) is 18.1. The first-order valence-electron chi connectivity index (χ1n) is 7.94. The molecule has 0 saturated heterocycles. The molecule has 0 saturated carbocycles. The van der Waals surface area contributed by atoms with Crippen LogP contribution in [0.3, 0.4) is 0 Å². The van der Waals surface area contributed by atoms with Crippen molar-refractivity contribution in [3.8, 4) is 0 Å². The molecule has 0 aliphatic rings. The second kappa shape index (κ2) is 13.6. The van der Waals surface area contributed by atoms with Gasteiger partial charge in [0, 0.05) is 12.8 Å². The fourth-order valence-electron chi connectivity index (χ4n) is 2.34. The summed E-state index contributed by atoms with van der Waals surface area (Å²) in [5, 5.41) is 0. The maximum Gasteiger partial charge on any atom is 0.133 e. The van der Waals surface area contributed by atoms with E-state index in [1.165, 1.54) is 32.1 Å². The van der Waals surface area contributed by atoms with E-state index in [1.54, 1.807) is 0 Å². The summed E-state index contributed by atoms with van der Waals surface area (Å²) in [6.07, 6.45) is 16.1. The molecule has 0 N–H and O–H groups in total. The molecule has 0 spiro atoms. The number of carbonyl (C=O) groups is 1. The van der Waals surface area contributed by atoms with E-state index < -0.39 is 0 Å². The Morgan fingerprint density at radius 3 is 2.16 bits per heavy atom. The van der Waals surface area contributed by atoms with Gasteiger partial charge >= 0.3 is 0 Å². The smallest absolute Gasteiger partial charge is 0.133 e. The van der Waals surface area contributed by atoms with Gasteiger partial charge in [0.05, 0.1) is 0 Å². The third-order valence-electron chi connectivity index (χ3n) is 3.55. The van der Waals surface area contributed by atoms with E-state index >= 15 is 0 Å². The summed E-state index contributed by atoms with van der Waals surface area (Å²) in [4.78, 5) is 11.8. The molecule has 0 rings (SSSR count). The SMILES string of the molecule is C=CCCCCCCC(C)CC(=O)CCCCC=C. The van der Waals surface area contributed by atoms with Gasteiger partial charge in [-0.1, -0.05) is 44.8 Å². The Balaban J connectivity index is 3.40. The van der Waals surface area contributed by atoms with Crippen molar-refractivity contribution < 1.29 is 4.79 Å². The highest BCUT2D eigenvalue weighted by Gasteiger charge is 2.08. The lowest BCUT2D eigenvalue weighted by Crippen LogP contribution is -2.05. The molecule has 0 radical (unpaired) electrons. The van der Waals surface area contributed by atoms with E-state index in [9.17, 15) is 4.79 Å². The highest BCUT2D eigenvalue weighted by molar-refractivity contribution is 5.78. The number of ketones is 1. The van der Waals surface area contributed by atoms with Crippen molar-refractivity contribution in [2.24, 2.45) is 5.92 Å². The molecule has 19 heavy (non-hydrogen) atoms. The first-order valence-corrected chi connectivity index (χ1v) is 7.94. The van der Waals surface area contributed by atoms with Gasteiger partial charge < -0.3 is 0 Å². The Kier molecular flexibility index (Phi) is 13.0. The van der Waals surface area contributed by atoms with Crippen LogP contribution in [0.15, 0.2) is 25.3 Å². The topological polar surface area (TPSA) is 17.1 Å². The van der Waals surface area contributed by atoms with Gasteiger partial charge in [0.25, 0.3) is 0 Å². The fourth-order valence-corrected chi connectivity index (χ4v) is 2.34. The van der Waals surface area contributed by atoms with E-state index in [1.807, 2.05) is 12.2 Å². The van der Waals surface area contributed by atoms with Gasteiger partial charge in [0.1, 0.15) is 5.78 Å². The number of allylic oxidation sites excluding steroid dienone is 2. The molecule has 0 aromatic carbocycles. The van der Waals surface area contributed by atoms with E-state index in [4.69, 9.17) is 0 Å². The molecular weight excluding hydrogens is 232 g/mol. The summed E-state index contributed by atoms with van der Waals surface area (Å²) in [6, 6.07) is 0. The van der Waals surface area contributed by atoms with Gasteiger partial charge in [0.2, 0.25) is 0 Å². The van der Waals surface area contributed by atoms with Crippen molar-refractivity contribution in [1.82, 2.24) is 0 Å². The average Bonchev–Trinajstić information content (AvgIpc) is 2.39. The maximum absolute atomic E-state index is 11.8. The van der Waals surface area contributed by atoms with Gasteiger partial charge in [-0.2, -0.15) is 0 Å². The highest BCUT2D eigenvalue weighted by Crippen LogP contribution is 2.16. The zero-order chi connectivity index (χ0) is 14.3. The molecule has 0 aromatic heterocycles. The number of rotatable bonds is 14. The quantitative estimate of drug-likeness (QED) is 0.284. The van der Waals surface area contributed by atoms with Crippen LogP contribution in [0.2, 0.25) is 0 Å². The van der Waals surface area contributed by atoms with E-state index in [0.29, 0.717) is 11.7 Å². The van der Waals surface area contributed by atoms with Gasteiger partial charge in [0.15, 0.2) is 0 Å². The molecule has 1 nitrogen and oxygen atoms in total. The molecule has 0 bridgehead atoms. The van der Waals surface area contributed by atoms with E-state index in [0.717, 1.165) is 38.5 Å². The van der Waals surface area contributed by atoms with Crippen molar-refractivity contribution in [2.45, 2.75) is 77.6 Å². The molecule has 0 fully saturated rings. The predicted octanol–water partition coefficient (Wildman–Crippen LogP) is 5.85. The largest absolute Gasteiger partial charge is 0.300 e. The molecule has 0 amide bonds. The third-order valence-corrected chi connectivity index (χ3v) is 3.55.